The van der Waals surface area contributed by atoms with Crippen LogP contribution in [-0.4, -0.2) is 95.5 Å². The van der Waals surface area contributed by atoms with Gasteiger partial charge in [0, 0.05) is 30.6 Å². The summed E-state index contributed by atoms with van der Waals surface area (Å²) in [7, 11) is 1.52. The van der Waals surface area contributed by atoms with E-state index in [2.05, 4.69) is 4.98 Å². The van der Waals surface area contributed by atoms with Crippen molar-refractivity contribution in [3.8, 4) is 11.5 Å². The smallest absolute Gasteiger partial charge is 0.393 e. The quantitative estimate of drug-likeness (QED) is 0.433. The van der Waals surface area contributed by atoms with Crippen molar-refractivity contribution in [2.24, 2.45) is 5.41 Å². The number of aliphatic hydroxyl groups excluding tert-OH is 3. The average Bonchev–Trinajstić information content (AvgIpc) is 3.23. The third kappa shape index (κ3) is 6.23. The highest BCUT2D eigenvalue weighted by Gasteiger charge is 2.49. The van der Waals surface area contributed by atoms with Gasteiger partial charge in [0.05, 0.1) is 39.3 Å². The van der Waals surface area contributed by atoms with Crippen LogP contribution in [0.1, 0.15) is 30.9 Å². The summed E-state index contributed by atoms with van der Waals surface area (Å²) >= 11 is 0. The molecule has 39 heavy (non-hydrogen) atoms. The predicted molar refractivity (Wildman–Crippen MR) is 136 cm³/mol. The Hall–Kier alpha value is -3.09. The Labute approximate surface area is 224 Å². The van der Waals surface area contributed by atoms with E-state index in [4.69, 9.17) is 9.47 Å². The Kier molecular flexibility index (Phi) is 8.29. The van der Waals surface area contributed by atoms with Crippen molar-refractivity contribution in [3.63, 3.8) is 0 Å². The summed E-state index contributed by atoms with van der Waals surface area (Å²) in [6.45, 7) is 4.28. The maximum absolute atomic E-state index is 12.6. The molecule has 2 aromatic rings. The second kappa shape index (κ2) is 11.2. The van der Waals surface area contributed by atoms with Crippen LogP contribution in [0.4, 0.5) is 19.0 Å². The Bertz CT molecular complexity index is 1160. The normalized spacial score (nSPS) is 23.4. The third-order valence-corrected chi connectivity index (χ3v) is 7.72. The molecule has 12 heteroatoms. The van der Waals surface area contributed by atoms with Gasteiger partial charge < -0.3 is 34.6 Å². The van der Waals surface area contributed by atoms with E-state index in [1.807, 2.05) is 24.0 Å². The number of halogens is 3. The molecule has 2 unspecified atom stereocenters. The molecular weight excluding hydrogens is 519 g/mol. The zero-order valence-corrected chi connectivity index (χ0v) is 22.1. The number of hydrogen-bond acceptors (Lipinski definition) is 8. The number of carbonyl (C=O) groups is 1. The van der Waals surface area contributed by atoms with E-state index in [0.29, 0.717) is 30.4 Å². The van der Waals surface area contributed by atoms with Gasteiger partial charge in [-0.3, -0.25) is 4.79 Å². The van der Waals surface area contributed by atoms with E-state index in [0.717, 1.165) is 5.56 Å². The topological polar surface area (TPSA) is 116 Å². The first-order valence-electron chi connectivity index (χ1n) is 12.7. The first-order chi connectivity index (χ1) is 18.3. The van der Waals surface area contributed by atoms with Crippen LogP contribution >= 0.6 is 0 Å². The highest BCUT2D eigenvalue weighted by molar-refractivity contribution is 5.81. The number of anilines is 1. The second-order valence-electron chi connectivity index (χ2n) is 10.5. The Morgan fingerprint density at radius 1 is 1.18 bits per heavy atom. The van der Waals surface area contributed by atoms with Gasteiger partial charge in [-0.1, -0.05) is 19.1 Å². The number of hydrogen-bond donors (Lipinski definition) is 3. The minimum Gasteiger partial charge on any atom is -0.493 e. The summed E-state index contributed by atoms with van der Waals surface area (Å²) in [6.07, 6.45) is -6.58. The maximum atomic E-state index is 12.6. The van der Waals surface area contributed by atoms with E-state index in [1.54, 1.807) is 19.1 Å². The van der Waals surface area contributed by atoms with Crippen molar-refractivity contribution in [3.05, 3.63) is 47.7 Å². The van der Waals surface area contributed by atoms with E-state index in [1.165, 1.54) is 24.3 Å². The lowest BCUT2D eigenvalue weighted by atomic mass is 9.72. The summed E-state index contributed by atoms with van der Waals surface area (Å²) in [5, 5.41) is 29.7. The lowest BCUT2D eigenvalue weighted by Crippen LogP contribution is -2.54. The van der Waals surface area contributed by atoms with Gasteiger partial charge in [0.2, 0.25) is 0 Å². The van der Waals surface area contributed by atoms with Gasteiger partial charge in [0.1, 0.15) is 11.9 Å². The molecule has 0 spiro atoms. The minimum atomic E-state index is -4.29. The van der Waals surface area contributed by atoms with Crippen molar-refractivity contribution >= 4 is 11.7 Å². The molecule has 2 aliphatic rings. The number of pyridine rings is 1. The molecule has 2 aliphatic heterocycles. The number of aliphatic hydroxyl groups is 3. The number of nitrogens with zero attached hydrogens (tertiary/aromatic N) is 3. The minimum absolute atomic E-state index is 0.100. The number of ether oxygens (including phenoxy) is 2. The van der Waals surface area contributed by atoms with Gasteiger partial charge in [-0.2, -0.15) is 13.2 Å². The van der Waals surface area contributed by atoms with Gasteiger partial charge in [-0.15, -0.1) is 0 Å². The number of methoxy groups -OCH3 is 1. The zero-order valence-electron chi connectivity index (χ0n) is 22.1. The SMILES string of the molecule is COc1ccc([C@@H]2CN(C(=O)C(O)CO)C[C@@]2(C)C(C)O)cc1OC1CN(c2ccc(CC(F)(F)F)cn2)C1. The van der Waals surface area contributed by atoms with Crippen LogP contribution in [0.2, 0.25) is 0 Å². The third-order valence-electron chi connectivity index (χ3n) is 7.72. The van der Waals surface area contributed by atoms with Crippen molar-refractivity contribution in [1.29, 1.82) is 0 Å². The van der Waals surface area contributed by atoms with Gasteiger partial charge in [-0.25, -0.2) is 4.98 Å². The number of amides is 1. The van der Waals surface area contributed by atoms with Crippen LogP contribution in [0.5, 0.6) is 11.5 Å². The van der Waals surface area contributed by atoms with Crippen molar-refractivity contribution < 1.29 is 42.8 Å². The zero-order chi connectivity index (χ0) is 28.5. The lowest BCUT2D eigenvalue weighted by molar-refractivity contribution is -0.141. The molecule has 9 nitrogen and oxygen atoms in total. The second-order valence-corrected chi connectivity index (χ2v) is 10.5. The summed E-state index contributed by atoms with van der Waals surface area (Å²) in [5.41, 5.74) is 0.206. The van der Waals surface area contributed by atoms with Gasteiger partial charge in [-0.05, 0) is 36.2 Å². The molecule has 2 saturated heterocycles. The molecule has 0 bridgehead atoms. The highest BCUT2D eigenvalue weighted by atomic mass is 19.4. The molecular formula is C27H34F3N3O6. The fraction of sp³-hybridized carbons (Fsp3) is 0.556. The Morgan fingerprint density at radius 3 is 2.46 bits per heavy atom. The molecule has 0 aliphatic carbocycles. The molecule has 4 atom stereocenters. The van der Waals surface area contributed by atoms with Crippen LogP contribution < -0.4 is 14.4 Å². The molecule has 3 heterocycles. The molecule has 3 N–H and O–H groups in total. The van der Waals surface area contributed by atoms with Crippen molar-refractivity contribution in [1.82, 2.24) is 9.88 Å². The number of likely N-dealkylation sites (tertiary alicyclic amines) is 1. The number of carbonyl (C=O) groups excluding carboxylic acids is 1. The number of aromatic nitrogens is 1. The fourth-order valence-corrected chi connectivity index (χ4v) is 5.20. The number of benzene rings is 1. The highest BCUT2D eigenvalue weighted by Crippen LogP contribution is 2.47. The van der Waals surface area contributed by atoms with Crippen LogP contribution in [0.25, 0.3) is 0 Å². The van der Waals surface area contributed by atoms with E-state index < -0.39 is 42.7 Å². The largest absolute Gasteiger partial charge is 0.493 e. The monoisotopic (exact) mass is 553 g/mol. The van der Waals surface area contributed by atoms with Gasteiger partial charge in [0.25, 0.3) is 5.91 Å². The number of rotatable bonds is 9. The molecule has 0 radical (unpaired) electrons. The lowest BCUT2D eigenvalue weighted by Gasteiger charge is -2.40. The molecule has 1 amide bonds. The average molecular weight is 554 g/mol. The van der Waals surface area contributed by atoms with E-state index >= 15 is 0 Å². The molecule has 2 fully saturated rings. The molecule has 4 rings (SSSR count). The first-order valence-corrected chi connectivity index (χ1v) is 12.7. The van der Waals surface area contributed by atoms with Gasteiger partial charge >= 0.3 is 6.18 Å². The van der Waals surface area contributed by atoms with E-state index in [9.17, 15) is 33.3 Å². The Balaban J connectivity index is 1.46. The first kappa shape index (κ1) is 28.9. The van der Waals surface area contributed by atoms with E-state index in [-0.39, 0.29) is 30.7 Å². The molecule has 1 aromatic heterocycles. The summed E-state index contributed by atoms with van der Waals surface area (Å²) < 4.78 is 49.5. The van der Waals surface area contributed by atoms with Crippen LogP contribution in [0.15, 0.2) is 36.5 Å². The van der Waals surface area contributed by atoms with Crippen LogP contribution in [-0.2, 0) is 11.2 Å². The molecule has 0 saturated carbocycles. The molecule has 214 valence electrons. The summed E-state index contributed by atoms with van der Waals surface area (Å²) in [4.78, 5) is 20.1. The van der Waals surface area contributed by atoms with Crippen LogP contribution in [0.3, 0.4) is 0 Å². The van der Waals surface area contributed by atoms with Crippen molar-refractivity contribution in [2.75, 3.05) is 44.8 Å². The predicted octanol–water partition coefficient (Wildman–Crippen LogP) is 2.13. The summed E-state index contributed by atoms with van der Waals surface area (Å²) in [6, 6.07) is 8.43. The maximum Gasteiger partial charge on any atom is 0.393 e. The number of alkyl halides is 3. The van der Waals surface area contributed by atoms with Crippen LogP contribution in [0, 0.1) is 5.41 Å². The Morgan fingerprint density at radius 2 is 1.90 bits per heavy atom. The van der Waals surface area contributed by atoms with Gasteiger partial charge in [0.15, 0.2) is 17.6 Å². The summed E-state index contributed by atoms with van der Waals surface area (Å²) in [5.74, 6) is 0.688. The fourth-order valence-electron chi connectivity index (χ4n) is 5.20. The van der Waals surface area contributed by atoms with Crippen molar-refractivity contribution in [2.45, 2.75) is 50.7 Å². The molecule has 1 aromatic carbocycles. The standard InChI is InChI=1S/C27H34F3N3O6/c1-16(35)26(2)15-33(25(37)21(36)14-34)13-20(26)18-5-6-22(38-3)23(8-18)39-19-11-32(12-19)24-7-4-17(10-31-24)9-27(28,29)30/h4-8,10,16,19-21,34-36H,9,11-15H2,1-3H3/t16?,20-,21?,26-/m0/s1.